The Morgan fingerprint density at radius 1 is 1.12 bits per heavy atom. The standard InChI is InChI=1S/C20H25NO3/c1-12(2)24-14-7-5-13(6-8-14)15-9-18(23)21-16-10-20(3,4)11-17(22)19(15)16/h5-8,12,15H,9-11H2,1-4H3,(H,21,23)/t15-/m0/s1. The summed E-state index contributed by atoms with van der Waals surface area (Å²) in [5.41, 5.74) is 2.52. The van der Waals surface area contributed by atoms with E-state index in [2.05, 4.69) is 19.2 Å². The molecule has 4 heteroatoms. The predicted octanol–water partition coefficient (Wildman–Crippen LogP) is 3.72. The van der Waals surface area contributed by atoms with Crippen molar-refractivity contribution in [3.63, 3.8) is 0 Å². The first kappa shape index (κ1) is 16.7. The van der Waals surface area contributed by atoms with E-state index in [4.69, 9.17) is 4.74 Å². The van der Waals surface area contributed by atoms with Crippen molar-refractivity contribution < 1.29 is 14.3 Å². The number of carbonyl (C=O) groups is 2. The number of nitrogens with one attached hydrogen (secondary N) is 1. The third kappa shape index (κ3) is 3.37. The van der Waals surface area contributed by atoms with Gasteiger partial charge in [-0.2, -0.15) is 0 Å². The van der Waals surface area contributed by atoms with E-state index in [1.54, 1.807) is 0 Å². The maximum Gasteiger partial charge on any atom is 0.225 e. The number of benzene rings is 1. The fraction of sp³-hybridized carbons (Fsp3) is 0.500. The zero-order valence-electron chi connectivity index (χ0n) is 14.8. The van der Waals surface area contributed by atoms with Crippen LogP contribution in [0.5, 0.6) is 5.75 Å². The van der Waals surface area contributed by atoms with E-state index in [9.17, 15) is 9.59 Å². The normalized spacial score (nSPS) is 23.1. The molecule has 1 heterocycles. The fourth-order valence-electron chi connectivity index (χ4n) is 3.69. The molecule has 0 saturated carbocycles. The lowest BCUT2D eigenvalue weighted by Gasteiger charge is -2.37. The van der Waals surface area contributed by atoms with Crippen LogP contribution in [0.25, 0.3) is 0 Å². The molecule has 4 nitrogen and oxygen atoms in total. The second kappa shape index (κ2) is 6.08. The minimum absolute atomic E-state index is 0.00763. The SMILES string of the molecule is CC(C)Oc1ccc([C@@H]2CC(=O)NC3=C2C(=O)CC(C)(C)C3)cc1. The molecule has 1 amide bonds. The van der Waals surface area contributed by atoms with Crippen LogP contribution in [0, 0.1) is 5.41 Å². The van der Waals surface area contributed by atoms with Gasteiger partial charge in [-0.15, -0.1) is 0 Å². The maximum atomic E-state index is 12.7. The number of Topliss-reactive ketones (excluding diaryl/α,β-unsaturated/α-hetero) is 1. The van der Waals surface area contributed by atoms with Crippen molar-refractivity contribution in [3.05, 3.63) is 41.1 Å². The van der Waals surface area contributed by atoms with Gasteiger partial charge in [0.2, 0.25) is 5.91 Å². The van der Waals surface area contributed by atoms with Gasteiger partial charge >= 0.3 is 0 Å². The lowest BCUT2D eigenvalue weighted by molar-refractivity contribution is -0.122. The van der Waals surface area contributed by atoms with Crippen LogP contribution < -0.4 is 10.1 Å². The molecular formula is C20H25NO3. The number of allylic oxidation sites excluding steroid dienone is 2. The summed E-state index contributed by atoms with van der Waals surface area (Å²) in [5.74, 6) is 0.810. The van der Waals surface area contributed by atoms with Crippen LogP contribution in [0.1, 0.15) is 58.4 Å². The van der Waals surface area contributed by atoms with Crippen LogP contribution in [0.4, 0.5) is 0 Å². The molecule has 0 saturated heterocycles. The molecule has 0 radical (unpaired) electrons. The van der Waals surface area contributed by atoms with E-state index in [0.717, 1.165) is 29.0 Å². The van der Waals surface area contributed by atoms with Crippen molar-refractivity contribution in [2.45, 2.75) is 59.0 Å². The minimum atomic E-state index is -0.148. The summed E-state index contributed by atoms with van der Waals surface area (Å²) in [5, 5.41) is 2.94. The summed E-state index contributed by atoms with van der Waals surface area (Å²) >= 11 is 0. The van der Waals surface area contributed by atoms with E-state index in [1.165, 1.54) is 0 Å². The number of amides is 1. The molecule has 3 rings (SSSR count). The largest absolute Gasteiger partial charge is 0.491 e. The van der Waals surface area contributed by atoms with Crippen molar-refractivity contribution >= 4 is 11.7 Å². The molecule has 24 heavy (non-hydrogen) atoms. The van der Waals surface area contributed by atoms with E-state index < -0.39 is 0 Å². The molecule has 0 unspecified atom stereocenters. The van der Waals surface area contributed by atoms with Gasteiger partial charge in [0.15, 0.2) is 5.78 Å². The third-order valence-corrected chi connectivity index (χ3v) is 4.60. The van der Waals surface area contributed by atoms with Gasteiger partial charge in [-0.1, -0.05) is 26.0 Å². The molecule has 0 bridgehead atoms. The van der Waals surface area contributed by atoms with Crippen LogP contribution in [-0.4, -0.2) is 17.8 Å². The average Bonchev–Trinajstić information content (AvgIpc) is 2.44. The van der Waals surface area contributed by atoms with Gasteiger partial charge in [0.25, 0.3) is 0 Å². The Bertz CT molecular complexity index is 698. The highest BCUT2D eigenvalue weighted by Crippen LogP contribution is 2.44. The number of ketones is 1. The van der Waals surface area contributed by atoms with Crippen molar-refractivity contribution in [1.29, 1.82) is 0 Å². The first-order valence-electron chi connectivity index (χ1n) is 8.58. The van der Waals surface area contributed by atoms with Crippen molar-refractivity contribution in [2.75, 3.05) is 0 Å². The Hall–Kier alpha value is -2.10. The summed E-state index contributed by atoms with van der Waals surface area (Å²) < 4.78 is 5.67. The van der Waals surface area contributed by atoms with Gasteiger partial charge in [-0.3, -0.25) is 9.59 Å². The van der Waals surface area contributed by atoms with Crippen LogP contribution in [0.2, 0.25) is 0 Å². The predicted molar refractivity (Wildman–Crippen MR) is 92.8 cm³/mol. The van der Waals surface area contributed by atoms with Crippen molar-refractivity contribution in [2.24, 2.45) is 5.41 Å². The van der Waals surface area contributed by atoms with Gasteiger partial charge < -0.3 is 10.1 Å². The van der Waals surface area contributed by atoms with E-state index in [1.807, 2.05) is 38.1 Å². The van der Waals surface area contributed by atoms with E-state index in [-0.39, 0.29) is 29.1 Å². The van der Waals surface area contributed by atoms with Crippen molar-refractivity contribution in [3.8, 4) is 5.75 Å². The number of ether oxygens (including phenoxy) is 1. The lowest BCUT2D eigenvalue weighted by Crippen LogP contribution is -2.40. The highest BCUT2D eigenvalue weighted by atomic mass is 16.5. The van der Waals surface area contributed by atoms with E-state index >= 15 is 0 Å². The molecule has 2 aliphatic rings. The summed E-state index contributed by atoms with van der Waals surface area (Å²) in [7, 11) is 0. The zero-order chi connectivity index (χ0) is 17.5. The second-order valence-electron chi connectivity index (χ2n) is 7.87. The average molecular weight is 327 g/mol. The van der Waals surface area contributed by atoms with Gasteiger partial charge in [0.1, 0.15) is 5.75 Å². The third-order valence-electron chi connectivity index (χ3n) is 4.60. The Morgan fingerprint density at radius 2 is 1.79 bits per heavy atom. The molecular weight excluding hydrogens is 302 g/mol. The highest BCUT2D eigenvalue weighted by Gasteiger charge is 2.40. The summed E-state index contributed by atoms with van der Waals surface area (Å²) in [4.78, 5) is 24.9. The smallest absolute Gasteiger partial charge is 0.225 e. The number of carbonyl (C=O) groups excluding carboxylic acids is 2. The molecule has 1 aromatic rings. The minimum Gasteiger partial charge on any atom is -0.491 e. The second-order valence-corrected chi connectivity index (χ2v) is 7.87. The molecule has 1 aromatic carbocycles. The van der Waals surface area contributed by atoms with Crippen LogP contribution in [-0.2, 0) is 9.59 Å². The Labute approximate surface area is 143 Å². The highest BCUT2D eigenvalue weighted by molar-refractivity contribution is 6.02. The van der Waals surface area contributed by atoms with Gasteiger partial charge in [0.05, 0.1) is 6.10 Å². The first-order valence-corrected chi connectivity index (χ1v) is 8.58. The fourth-order valence-corrected chi connectivity index (χ4v) is 3.69. The zero-order valence-corrected chi connectivity index (χ0v) is 14.8. The molecule has 0 spiro atoms. The van der Waals surface area contributed by atoms with Gasteiger partial charge in [-0.25, -0.2) is 0 Å². The Balaban J connectivity index is 1.94. The van der Waals surface area contributed by atoms with E-state index in [0.29, 0.717) is 12.8 Å². The summed E-state index contributed by atoms with van der Waals surface area (Å²) in [6.45, 7) is 8.11. The molecule has 0 aromatic heterocycles. The Morgan fingerprint density at radius 3 is 2.42 bits per heavy atom. The van der Waals surface area contributed by atoms with Gasteiger partial charge in [-0.05, 0) is 43.4 Å². The van der Waals surface area contributed by atoms with Crippen LogP contribution >= 0.6 is 0 Å². The maximum absolute atomic E-state index is 12.7. The number of hydrogen-bond acceptors (Lipinski definition) is 3. The topological polar surface area (TPSA) is 55.4 Å². The lowest BCUT2D eigenvalue weighted by atomic mass is 9.70. The molecule has 1 aliphatic carbocycles. The molecule has 0 fully saturated rings. The molecule has 1 atom stereocenters. The first-order chi connectivity index (χ1) is 11.2. The molecule has 1 aliphatic heterocycles. The Kier molecular flexibility index (Phi) is 4.24. The summed E-state index contributed by atoms with van der Waals surface area (Å²) in [6.07, 6.45) is 1.72. The number of hydrogen-bond donors (Lipinski definition) is 1. The molecule has 128 valence electrons. The quantitative estimate of drug-likeness (QED) is 0.920. The number of rotatable bonds is 3. The monoisotopic (exact) mass is 327 g/mol. The van der Waals surface area contributed by atoms with Crippen molar-refractivity contribution in [1.82, 2.24) is 5.32 Å². The molecule has 1 N–H and O–H groups in total. The van der Waals surface area contributed by atoms with Crippen LogP contribution in [0.15, 0.2) is 35.5 Å². The van der Waals surface area contributed by atoms with Crippen LogP contribution in [0.3, 0.4) is 0 Å². The summed E-state index contributed by atoms with van der Waals surface area (Å²) in [6, 6.07) is 7.77. The van der Waals surface area contributed by atoms with Gasteiger partial charge in [0, 0.05) is 30.0 Å².